The number of nitrogens with two attached hydrogens (primary N) is 1. The van der Waals surface area contributed by atoms with Crippen LogP contribution in [0.3, 0.4) is 0 Å². The Bertz CT molecular complexity index is 49.0. The predicted octanol–water partition coefficient (Wildman–Crippen LogP) is -0.717. The molecule has 40 valence electrons. The molecule has 0 heterocycles. The summed E-state index contributed by atoms with van der Waals surface area (Å²) >= 11 is 0. The van der Waals surface area contributed by atoms with Crippen molar-refractivity contribution in [3.63, 3.8) is 0 Å². The maximum atomic E-state index is 8.69. The average molecular weight is 98.9 g/mol. The SMILES string of the molecule is [B]C(C)C(O)CN. The summed E-state index contributed by atoms with van der Waals surface area (Å²) in [6, 6.07) is 0. The Hall–Kier alpha value is -0.0151. The van der Waals surface area contributed by atoms with E-state index in [0.717, 1.165) is 0 Å². The number of hydrogen-bond donors (Lipinski definition) is 2. The monoisotopic (exact) mass is 99.1 g/mol. The number of aliphatic hydroxyl groups is 1. The van der Waals surface area contributed by atoms with Crippen LogP contribution in [0.4, 0.5) is 0 Å². The molecule has 0 aliphatic carbocycles. The molecule has 0 rings (SSSR count). The lowest BCUT2D eigenvalue weighted by atomic mass is 9.84. The molecule has 3 N–H and O–H groups in total. The highest BCUT2D eigenvalue weighted by Gasteiger charge is 2.03. The topological polar surface area (TPSA) is 46.2 Å². The maximum Gasteiger partial charge on any atom is 0.0731 e. The van der Waals surface area contributed by atoms with Gasteiger partial charge in [0.05, 0.1) is 14.0 Å². The fourth-order valence-corrected chi connectivity index (χ4v) is 0.215. The van der Waals surface area contributed by atoms with E-state index in [9.17, 15) is 0 Å². The molecule has 0 aromatic heterocycles. The quantitative estimate of drug-likeness (QED) is 0.449. The third kappa shape index (κ3) is 2.65. The van der Waals surface area contributed by atoms with Crippen LogP contribution in [-0.4, -0.2) is 25.6 Å². The third-order valence-corrected chi connectivity index (χ3v) is 0.848. The van der Waals surface area contributed by atoms with Crippen molar-refractivity contribution >= 4 is 7.85 Å². The van der Waals surface area contributed by atoms with Gasteiger partial charge in [0, 0.05) is 6.54 Å². The summed E-state index contributed by atoms with van der Waals surface area (Å²) in [6.07, 6.45) is -0.542. The van der Waals surface area contributed by atoms with Gasteiger partial charge < -0.3 is 10.8 Å². The van der Waals surface area contributed by atoms with Gasteiger partial charge in [-0.1, -0.05) is 12.7 Å². The molecule has 7 heavy (non-hydrogen) atoms. The molecule has 0 aliphatic heterocycles. The van der Waals surface area contributed by atoms with Crippen LogP contribution in [0.5, 0.6) is 0 Å². The first-order valence-electron chi connectivity index (χ1n) is 2.32. The molecule has 0 saturated carbocycles. The van der Waals surface area contributed by atoms with Crippen LogP contribution >= 0.6 is 0 Å². The van der Waals surface area contributed by atoms with Crippen LogP contribution in [-0.2, 0) is 0 Å². The summed E-state index contributed by atoms with van der Waals surface area (Å²) in [7, 11) is 5.22. The molecule has 2 unspecified atom stereocenters. The van der Waals surface area contributed by atoms with Crippen molar-refractivity contribution in [2.45, 2.75) is 18.8 Å². The van der Waals surface area contributed by atoms with Crippen LogP contribution in [0, 0.1) is 0 Å². The highest BCUT2D eigenvalue weighted by atomic mass is 16.3. The van der Waals surface area contributed by atoms with E-state index >= 15 is 0 Å². The Morgan fingerprint density at radius 2 is 2.29 bits per heavy atom. The molecule has 2 radical (unpaired) electrons. The van der Waals surface area contributed by atoms with E-state index in [1.165, 1.54) is 0 Å². The fourth-order valence-electron chi connectivity index (χ4n) is 0.215. The van der Waals surface area contributed by atoms with Crippen molar-refractivity contribution < 1.29 is 5.11 Å². The van der Waals surface area contributed by atoms with Gasteiger partial charge in [0.1, 0.15) is 0 Å². The van der Waals surface area contributed by atoms with Gasteiger partial charge in [0.15, 0.2) is 0 Å². The molecule has 3 heteroatoms. The zero-order chi connectivity index (χ0) is 5.86. The zero-order valence-corrected chi connectivity index (χ0v) is 4.46. The Balaban J connectivity index is 3.14. The molecule has 0 aliphatic rings. The average Bonchev–Trinajstić information content (AvgIpc) is 1.65. The molecule has 0 amide bonds. The Labute approximate surface area is 45.1 Å². The lowest BCUT2D eigenvalue weighted by molar-refractivity contribution is 0.179. The Morgan fingerprint density at radius 1 is 1.86 bits per heavy atom. The van der Waals surface area contributed by atoms with E-state index in [4.69, 9.17) is 18.7 Å². The van der Waals surface area contributed by atoms with Crippen molar-refractivity contribution in [1.29, 1.82) is 0 Å². The van der Waals surface area contributed by atoms with Gasteiger partial charge >= 0.3 is 0 Å². The minimum absolute atomic E-state index is 0.204. The number of rotatable bonds is 2. The largest absolute Gasteiger partial charge is 0.392 e. The van der Waals surface area contributed by atoms with Crippen LogP contribution < -0.4 is 5.73 Å². The predicted molar refractivity (Wildman–Crippen MR) is 30.2 cm³/mol. The highest BCUT2D eigenvalue weighted by Crippen LogP contribution is 2.00. The van der Waals surface area contributed by atoms with E-state index in [1.54, 1.807) is 6.92 Å². The second kappa shape index (κ2) is 3.05. The summed E-state index contributed by atoms with van der Waals surface area (Å²) in [5.41, 5.74) is 5.04. The van der Waals surface area contributed by atoms with Gasteiger partial charge in [-0.15, -0.1) is 0 Å². The van der Waals surface area contributed by atoms with Gasteiger partial charge in [-0.2, -0.15) is 0 Å². The number of aliphatic hydroxyl groups excluding tert-OH is 1. The van der Waals surface area contributed by atoms with Crippen molar-refractivity contribution in [2.24, 2.45) is 5.73 Å². The van der Waals surface area contributed by atoms with Crippen LogP contribution in [0.15, 0.2) is 0 Å². The first-order chi connectivity index (χ1) is 3.18. The first-order valence-corrected chi connectivity index (χ1v) is 2.32. The van der Waals surface area contributed by atoms with E-state index in [-0.39, 0.29) is 12.4 Å². The van der Waals surface area contributed by atoms with Crippen LogP contribution in [0.1, 0.15) is 6.92 Å². The molecule has 0 aromatic rings. The van der Waals surface area contributed by atoms with Crippen molar-refractivity contribution in [1.82, 2.24) is 0 Å². The molecule has 0 bridgehead atoms. The molecule has 0 fully saturated rings. The molecular weight excluding hydrogens is 88.9 g/mol. The Kier molecular flexibility index (Phi) is 3.04. The normalized spacial score (nSPS) is 18.7. The second-order valence-corrected chi connectivity index (χ2v) is 1.66. The summed E-state index contributed by atoms with van der Waals surface area (Å²) in [6.45, 7) is 1.97. The Morgan fingerprint density at radius 3 is 2.29 bits per heavy atom. The van der Waals surface area contributed by atoms with Gasteiger partial charge in [-0.3, -0.25) is 0 Å². The van der Waals surface area contributed by atoms with Gasteiger partial charge in [0.25, 0.3) is 0 Å². The van der Waals surface area contributed by atoms with Gasteiger partial charge in [-0.05, 0) is 0 Å². The molecule has 0 saturated heterocycles. The fraction of sp³-hybridized carbons (Fsp3) is 1.00. The summed E-state index contributed by atoms with van der Waals surface area (Å²) in [5, 5.41) is 8.69. The van der Waals surface area contributed by atoms with E-state index in [1.807, 2.05) is 0 Å². The lowest BCUT2D eigenvalue weighted by Gasteiger charge is -2.09. The summed E-state index contributed by atoms with van der Waals surface area (Å²) in [5.74, 6) is -0.204. The van der Waals surface area contributed by atoms with E-state index in [0.29, 0.717) is 0 Å². The minimum atomic E-state index is -0.542. The van der Waals surface area contributed by atoms with Crippen LogP contribution in [0.25, 0.3) is 0 Å². The number of hydrogen-bond acceptors (Lipinski definition) is 2. The van der Waals surface area contributed by atoms with E-state index < -0.39 is 6.10 Å². The molecular formula is C4H10BNO. The molecule has 0 aromatic carbocycles. The maximum absolute atomic E-state index is 8.69. The van der Waals surface area contributed by atoms with Gasteiger partial charge in [-0.25, -0.2) is 0 Å². The summed E-state index contributed by atoms with van der Waals surface area (Å²) < 4.78 is 0. The molecule has 2 atom stereocenters. The summed E-state index contributed by atoms with van der Waals surface area (Å²) in [4.78, 5) is 0. The van der Waals surface area contributed by atoms with Crippen molar-refractivity contribution in [3.05, 3.63) is 0 Å². The molecule has 0 spiro atoms. The van der Waals surface area contributed by atoms with Crippen molar-refractivity contribution in [2.75, 3.05) is 6.54 Å². The smallest absolute Gasteiger partial charge is 0.0731 e. The standard InChI is InChI=1S/C4H10BNO/c1-3(5)4(7)2-6/h3-4,7H,2,6H2,1H3. The zero-order valence-electron chi connectivity index (χ0n) is 4.46. The van der Waals surface area contributed by atoms with Crippen LogP contribution in [0.2, 0.25) is 5.82 Å². The van der Waals surface area contributed by atoms with Gasteiger partial charge in [0.2, 0.25) is 0 Å². The van der Waals surface area contributed by atoms with E-state index in [2.05, 4.69) is 0 Å². The van der Waals surface area contributed by atoms with Crippen molar-refractivity contribution in [3.8, 4) is 0 Å². The lowest BCUT2D eigenvalue weighted by Crippen LogP contribution is -2.23. The third-order valence-electron chi connectivity index (χ3n) is 0.848. The molecule has 2 nitrogen and oxygen atoms in total. The first kappa shape index (κ1) is 6.98. The highest BCUT2D eigenvalue weighted by molar-refractivity contribution is 6.11. The minimum Gasteiger partial charge on any atom is -0.392 e. The second-order valence-electron chi connectivity index (χ2n) is 1.66.